The summed E-state index contributed by atoms with van der Waals surface area (Å²) in [6.45, 7) is 6.12. The molecule has 1 amide bonds. The summed E-state index contributed by atoms with van der Waals surface area (Å²) in [4.78, 5) is 32.7. The Hall–Kier alpha value is -4.23. The molecule has 1 aliphatic rings. The molecule has 6 nitrogen and oxygen atoms in total. The number of fused-ring (bicyclic) bond motifs is 1. The van der Waals surface area contributed by atoms with Crippen molar-refractivity contribution in [2.75, 3.05) is 12.4 Å². The van der Waals surface area contributed by atoms with E-state index in [0.717, 1.165) is 11.1 Å². The number of nitrogens with one attached hydrogen (secondary N) is 1. The third-order valence-electron chi connectivity index (χ3n) is 6.63. The average molecular weight is 524 g/mol. The molecule has 2 heterocycles. The Morgan fingerprint density at radius 3 is 2.34 bits per heavy atom. The molecule has 3 aromatic carbocycles. The van der Waals surface area contributed by atoms with Gasteiger partial charge in [0.2, 0.25) is 0 Å². The Bertz CT molecular complexity index is 1680. The van der Waals surface area contributed by atoms with E-state index in [1.165, 1.54) is 16.9 Å². The summed E-state index contributed by atoms with van der Waals surface area (Å²) in [5.41, 5.74) is 4.49. The fourth-order valence-electron chi connectivity index (χ4n) is 4.56. The number of amides is 1. The normalized spacial score (nSPS) is 15.3. The highest BCUT2D eigenvalue weighted by atomic mass is 32.1. The molecule has 0 fully saturated rings. The first-order chi connectivity index (χ1) is 18.4. The lowest BCUT2D eigenvalue weighted by Gasteiger charge is -2.25. The van der Waals surface area contributed by atoms with Crippen molar-refractivity contribution in [3.63, 3.8) is 0 Å². The van der Waals surface area contributed by atoms with Gasteiger partial charge in [0.15, 0.2) is 4.80 Å². The van der Waals surface area contributed by atoms with Gasteiger partial charge in [0.1, 0.15) is 5.75 Å². The molecule has 1 aliphatic heterocycles. The van der Waals surface area contributed by atoms with E-state index in [1.54, 1.807) is 11.7 Å². The van der Waals surface area contributed by atoms with Crippen molar-refractivity contribution in [1.82, 2.24) is 4.57 Å². The molecule has 0 aliphatic carbocycles. The highest BCUT2D eigenvalue weighted by Gasteiger charge is 2.32. The Labute approximate surface area is 225 Å². The van der Waals surface area contributed by atoms with Gasteiger partial charge in [-0.25, -0.2) is 4.99 Å². The maximum atomic E-state index is 13.8. The number of para-hydroxylation sites is 1. The molecule has 5 rings (SSSR count). The number of hydrogen-bond acceptors (Lipinski definition) is 5. The van der Waals surface area contributed by atoms with E-state index in [4.69, 9.17) is 9.73 Å². The van der Waals surface area contributed by atoms with E-state index in [-0.39, 0.29) is 11.5 Å². The molecule has 0 bridgehead atoms. The maximum absolute atomic E-state index is 13.8. The minimum Gasteiger partial charge on any atom is -0.497 e. The van der Waals surface area contributed by atoms with Crippen LogP contribution in [0, 0.1) is 0 Å². The van der Waals surface area contributed by atoms with Gasteiger partial charge in [0.25, 0.3) is 11.5 Å². The molecule has 4 aromatic rings. The first kappa shape index (κ1) is 25.4. The largest absolute Gasteiger partial charge is 0.497 e. The zero-order chi connectivity index (χ0) is 26.8. The van der Waals surface area contributed by atoms with Crippen LogP contribution in [-0.2, 0) is 4.79 Å². The Kier molecular flexibility index (Phi) is 7.11. The van der Waals surface area contributed by atoms with Crippen LogP contribution < -0.4 is 24.9 Å². The van der Waals surface area contributed by atoms with Gasteiger partial charge in [0, 0.05) is 5.69 Å². The topological polar surface area (TPSA) is 72.7 Å². The third-order valence-corrected chi connectivity index (χ3v) is 7.61. The molecule has 192 valence electrons. The van der Waals surface area contributed by atoms with Crippen LogP contribution >= 0.6 is 11.3 Å². The fraction of sp³-hybridized carbons (Fsp3) is 0.194. The SMILES string of the molecule is COc1ccc([C@H]2C(C(=O)Nc3ccccc3)=C(C)N=c3s/c(=C\c4ccc(C(C)C)cc4)c(=O)n32)cc1. The minimum atomic E-state index is -0.633. The van der Waals surface area contributed by atoms with Crippen molar-refractivity contribution >= 4 is 29.0 Å². The van der Waals surface area contributed by atoms with Crippen LogP contribution in [-0.4, -0.2) is 17.6 Å². The molecule has 38 heavy (non-hydrogen) atoms. The lowest BCUT2D eigenvalue weighted by Crippen LogP contribution is -2.40. The first-order valence-corrected chi connectivity index (χ1v) is 13.3. The third kappa shape index (κ3) is 4.97. The van der Waals surface area contributed by atoms with Gasteiger partial charge >= 0.3 is 0 Å². The van der Waals surface area contributed by atoms with Gasteiger partial charge in [-0.1, -0.05) is 79.8 Å². The van der Waals surface area contributed by atoms with Gasteiger partial charge in [-0.05, 0) is 59.9 Å². The molecule has 0 saturated carbocycles. The second kappa shape index (κ2) is 10.6. The number of rotatable bonds is 6. The van der Waals surface area contributed by atoms with Crippen LogP contribution in [0.5, 0.6) is 5.75 Å². The van der Waals surface area contributed by atoms with E-state index in [9.17, 15) is 9.59 Å². The predicted octanol–water partition coefficient (Wildman–Crippen LogP) is 5.01. The highest BCUT2D eigenvalue weighted by molar-refractivity contribution is 7.07. The number of carbonyl (C=O) groups is 1. The first-order valence-electron chi connectivity index (χ1n) is 12.5. The molecule has 1 aromatic heterocycles. The summed E-state index contributed by atoms with van der Waals surface area (Å²) < 4.78 is 7.54. The van der Waals surface area contributed by atoms with Crippen molar-refractivity contribution in [3.05, 3.63) is 127 Å². The van der Waals surface area contributed by atoms with Gasteiger partial charge in [-0.3, -0.25) is 14.2 Å². The molecular formula is C31H29N3O3S. The number of methoxy groups -OCH3 is 1. The van der Waals surface area contributed by atoms with Crippen molar-refractivity contribution in [2.45, 2.75) is 32.7 Å². The number of nitrogens with zero attached hydrogens (tertiary/aromatic N) is 2. The highest BCUT2D eigenvalue weighted by Crippen LogP contribution is 2.31. The van der Waals surface area contributed by atoms with E-state index in [1.807, 2.05) is 79.7 Å². The second-order valence-electron chi connectivity index (χ2n) is 9.50. The van der Waals surface area contributed by atoms with Crippen LogP contribution in [0.2, 0.25) is 0 Å². The lowest BCUT2D eigenvalue weighted by molar-refractivity contribution is -0.113. The van der Waals surface area contributed by atoms with E-state index in [0.29, 0.717) is 38.0 Å². The summed E-state index contributed by atoms with van der Waals surface area (Å²) in [6, 6.07) is 24.3. The molecule has 7 heteroatoms. The smallest absolute Gasteiger partial charge is 0.271 e. The van der Waals surface area contributed by atoms with E-state index in [2.05, 4.69) is 31.3 Å². The monoisotopic (exact) mass is 523 g/mol. The summed E-state index contributed by atoms with van der Waals surface area (Å²) in [5, 5.41) is 2.97. The predicted molar refractivity (Wildman–Crippen MR) is 152 cm³/mol. The summed E-state index contributed by atoms with van der Waals surface area (Å²) in [7, 11) is 1.61. The molecular weight excluding hydrogens is 494 g/mol. The van der Waals surface area contributed by atoms with Crippen LogP contribution in [0.15, 0.2) is 99.9 Å². The van der Waals surface area contributed by atoms with Crippen LogP contribution in [0.4, 0.5) is 5.69 Å². The second-order valence-corrected chi connectivity index (χ2v) is 10.5. The average Bonchev–Trinajstić information content (AvgIpc) is 3.22. The quantitative estimate of drug-likeness (QED) is 0.386. The van der Waals surface area contributed by atoms with Crippen LogP contribution in [0.25, 0.3) is 6.08 Å². The van der Waals surface area contributed by atoms with Crippen molar-refractivity contribution in [2.24, 2.45) is 4.99 Å². The Morgan fingerprint density at radius 1 is 1.03 bits per heavy atom. The van der Waals surface area contributed by atoms with Crippen molar-refractivity contribution in [3.8, 4) is 5.75 Å². The number of ether oxygens (including phenoxy) is 1. The standard InChI is InChI=1S/C31H29N3O3S/c1-19(2)22-12-10-21(11-13-22)18-26-30(36)34-28(23-14-16-25(37-4)17-15-23)27(20(3)32-31(34)38-26)29(35)33-24-8-6-5-7-9-24/h5-19,28H,1-4H3,(H,33,35)/b26-18-/t28-/m0/s1. The van der Waals surface area contributed by atoms with Gasteiger partial charge in [-0.2, -0.15) is 0 Å². The molecule has 0 unspecified atom stereocenters. The Balaban J connectivity index is 1.64. The van der Waals surface area contributed by atoms with Gasteiger partial charge in [-0.15, -0.1) is 0 Å². The van der Waals surface area contributed by atoms with Crippen LogP contribution in [0.3, 0.4) is 0 Å². The zero-order valence-electron chi connectivity index (χ0n) is 21.8. The van der Waals surface area contributed by atoms with Gasteiger partial charge < -0.3 is 10.1 Å². The number of carbonyl (C=O) groups excluding carboxylic acids is 1. The fourth-order valence-corrected chi connectivity index (χ4v) is 5.61. The maximum Gasteiger partial charge on any atom is 0.271 e. The molecule has 1 N–H and O–H groups in total. The number of thiazole rings is 1. The van der Waals surface area contributed by atoms with E-state index < -0.39 is 6.04 Å². The zero-order valence-corrected chi connectivity index (χ0v) is 22.6. The molecule has 1 atom stereocenters. The number of aromatic nitrogens is 1. The van der Waals surface area contributed by atoms with Gasteiger partial charge in [0.05, 0.1) is 29.0 Å². The minimum absolute atomic E-state index is 0.181. The molecule has 0 radical (unpaired) electrons. The van der Waals surface area contributed by atoms with Crippen molar-refractivity contribution < 1.29 is 9.53 Å². The molecule has 0 spiro atoms. The molecule has 0 saturated heterocycles. The summed E-state index contributed by atoms with van der Waals surface area (Å²) >= 11 is 1.33. The van der Waals surface area contributed by atoms with E-state index >= 15 is 0 Å². The number of anilines is 1. The number of hydrogen-bond donors (Lipinski definition) is 1. The summed E-state index contributed by atoms with van der Waals surface area (Å²) in [5.74, 6) is 0.834. The summed E-state index contributed by atoms with van der Waals surface area (Å²) in [6.07, 6.45) is 1.89. The number of benzene rings is 3. The van der Waals surface area contributed by atoms with Crippen LogP contribution in [0.1, 0.15) is 49.4 Å². The number of allylic oxidation sites excluding steroid dienone is 1. The van der Waals surface area contributed by atoms with Crippen molar-refractivity contribution in [1.29, 1.82) is 0 Å². The Morgan fingerprint density at radius 2 is 1.71 bits per heavy atom. The lowest BCUT2D eigenvalue weighted by atomic mass is 9.95.